The Hall–Kier alpha value is -2.88. The van der Waals surface area contributed by atoms with Crippen LogP contribution < -0.4 is 5.32 Å². The first kappa shape index (κ1) is 30.7. The summed E-state index contributed by atoms with van der Waals surface area (Å²) in [6, 6.07) is 7.18. The molecule has 0 unspecified atom stereocenters. The Balaban J connectivity index is 2.01. The van der Waals surface area contributed by atoms with E-state index in [1.807, 2.05) is 6.92 Å². The van der Waals surface area contributed by atoms with Crippen LogP contribution in [0.1, 0.15) is 80.7 Å². The number of hydrogen-bond donors (Lipinski definition) is 1. The average Bonchev–Trinajstić information content (AvgIpc) is 3.25. The fourth-order valence-electron chi connectivity index (χ4n) is 5.66. The summed E-state index contributed by atoms with van der Waals surface area (Å²) in [5.74, 6) is -1.33. The molecule has 3 rings (SSSR count). The monoisotopic (exact) mass is 559 g/mol. The van der Waals surface area contributed by atoms with Gasteiger partial charge in [-0.2, -0.15) is 26.3 Å². The molecule has 1 fully saturated rings. The van der Waals surface area contributed by atoms with E-state index in [0.29, 0.717) is 43.4 Å². The van der Waals surface area contributed by atoms with Crippen LogP contribution in [0, 0.1) is 11.7 Å². The van der Waals surface area contributed by atoms with E-state index in [4.69, 9.17) is 4.74 Å². The predicted octanol–water partition coefficient (Wildman–Crippen LogP) is 8.36. The highest BCUT2D eigenvalue weighted by molar-refractivity contribution is 5.73. The number of nitrogens with one attached hydrogen (secondary N) is 1. The van der Waals surface area contributed by atoms with Gasteiger partial charge in [0, 0.05) is 18.4 Å². The zero-order valence-corrected chi connectivity index (χ0v) is 21.9. The second kappa shape index (κ2) is 11.7. The Kier molecular flexibility index (Phi) is 9.20. The Morgan fingerprint density at radius 1 is 1.05 bits per heavy atom. The second-order valence-corrected chi connectivity index (χ2v) is 10.3. The van der Waals surface area contributed by atoms with E-state index in [1.54, 1.807) is 18.2 Å². The molecule has 1 saturated carbocycles. The zero-order chi connectivity index (χ0) is 29.2. The average molecular weight is 560 g/mol. The smallest absolute Gasteiger partial charge is 0.370 e. The summed E-state index contributed by atoms with van der Waals surface area (Å²) in [7, 11) is 0. The number of halogens is 7. The van der Waals surface area contributed by atoms with Crippen LogP contribution in [-0.4, -0.2) is 17.6 Å². The van der Waals surface area contributed by atoms with Gasteiger partial charge >= 0.3 is 12.4 Å². The fourth-order valence-corrected chi connectivity index (χ4v) is 5.66. The quantitative estimate of drug-likeness (QED) is 0.248. The fraction of sp³-hybridized carbons (Fsp3) is 0.483. The van der Waals surface area contributed by atoms with Crippen molar-refractivity contribution in [2.45, 2.75) is 82.5 Å². The van der Waals surface area contributed by atoms with Crippen molar-refractivity contribution in [1.29, 1.82) is 0 Å². The molecule has 0 heterocycles. The molecule has 0 aliphatic heterocycles. The molecular weight excluding hydrogens is 527 g/mol. The molecule has 2 aromatic rings. The van der Waals surface area contributed by atoms with Gasteiger partial charge in [-0.25, -0.2) is 4.39 Å². The topological polar surface area (TPSA) is 38.3 Å². The maximum Gasteiger partial charge on any atom is 0.416 e. The van der Waals surface area contributed by atoms with E-state index in [2.05, 4.69) is 11.9 Å². The van der Waals surface area contributed by atoms with Gasteiger partial charge in [-0.1, -0.05) is 18.2 Å². The number of amides is 1. The summed E-state index contributed by atoms with van der Waals surface area (Å²) < 4.78 is 101. The highest BCUT2D eigenvalue weighted by atomic mass is 19.4. The van der Waals surface area contributed by atoms with Gasteiger partial charge in [-0.05, 0) is 86.9 Å². The Morgan fingerprint density at radius 3 is 2.10 bits per heavy atom. The molecule has 0 aromatic heterocycles. The first-order valence-electron chi connectivity index (χ1n) is 12.6. The number of alkyl halides is 6. The lowest BCUT2D eigenvalue weighted by atomic mass is 9.73. The van der Waals surface area contributed by atoms with Gasteiger partial charge in [0.2, 0.25) is 5.91 Å². The maximum atomic E-state index is 13.8. The lowest BCUT2D eigenvalue weighted by Gasteiger charge is -2.41. The normalized spacial score (nSPS) is 22.3. The summed E-state index contributed by atoms with van der Waals surface area (Å²) in [5, 5.41) is 3.03. The van der Waals surface area contributed by atoms with Crippen molar-refractivity contribution in [1.82, 2.24) is 5.32 Å². The SMILES string of the molecule is C=CCC[C@](C)(NC(C)=O)[C@@H]1CC[C@H](O[C@H](C)c2cc(C(F)(F)F)cc(C(F)(F)F)c2)[C@H]1c1ccc(F)cc1. The molecule has 2 aromatic carbocycles. The second-order valence-electron chi connectivity index (χ2n) is 10.3. The van der Waals surface area contributed by atoms with Crippen molar-refractivity contribution < 1.29 is 40.3 Å². The molecule has 1 N–H and O–H groups in total. The minimum absolute atomic E-state index is 0.0849. The van der Waals surface area contributed by atoms with Crippen LogP contribution in [0.5, 0.6) is 0 Å². The number of carbonyl (C=O) groups excluding carboxylic acids is 1. The zero-order valence-electron chi connectivity index (χ0n) is 21.9. The van der Waals surface area contributed by atoms with Gasteiger partial charge in [-0.3, -0.25) is 4.79 Å². The molecule has 39 heavy (non-hydrogen) atoms. The predicted molar refractivity (Wildman–Crippen MR) is 133 cm³/mol. The van der Waals surface area contributed by atoms with Crippen molar-refractivity contribution in [2.24, 2.45) is 5.92 Å². The third-order valence-electron chi connectivity index (χ3n) is 7.46. The van der Waals surface area contributed by atoms with E-state index >= 15 is 0 Å². The van der Waals surface area contributed by atoms with Crippen molar-refractivity contribution in [2.75, 3.05) is 0 Å². The number of benzene rings is 2. The molecule has 0 saturated heterocycles. The van der Waals surface area contributed by atoms with Crippen LogP contribution >= 0.6 is 0 Å². The maximum absolute atomic E-state index is 13.8. The van der Waals surface area contributed by atoms with Crippen LogP contribution in [0.4, 0.5) is 30.7 Å². The molecule has 1 aliphatic carbocycles. The lowest BCUT2D eigenvalue weighted by molar-refractivity contribution is -0.143. The number of carbonyl (C=O) groups is 1. The molecule has 0 spiro atoms. The van der Waals surface area contributed by atoms with Gasteiger partial charge < -0.3 is 10.1 Å². The molecular formula is C29H32F7NO2. The van der Waals surface area contributed by atoms with E-state index in [0.717, 1.165) is 0 Å². The molecule has 5 atom stereocenters. The molecule has 0 bridgehead atoms. The molecule has 10 heteroatoms. The van der Waals surface area contributed by atoms with Gasteiger partial charge in [0.05, 0.1) is 23.3 Å². The van der Waals surface area contributed by atoms with Crippen LogP contribution in [-0.2, 0) is 21.9 Å². The minimum Gasteiger partial charge on any atom is -0.370 e. The Bertz CT molecular complexity index is 1130. The van der Waals surface area contributed by atoms with Gasteiger partial charge in [-0.15, -0.1) is 6.58 Å². The summed E-state index contributed by atoms with van der Waals surface area (Å²) in [6.07, 6.45) is -7.82. The number of hydrogen-bond acceptors (Lipinski definition) is 2. The summed E-state index contributed by atoms with van der Waals surface area (Å²) in [4.78, 5) is 12.1. The first-order valence-corrected chi connectivity index (χ1v) is 12.6. The minimum atomic E-state index is -4.98. The molecule has 3 nitrogen and oxygen atoms in total. The third kappa shape index (κ3) is 7.41. The van der Waals surface area contributed by atoms with Gasteiger partial charge in [0.1, 0.15) is 5.82 Å². The highest BCUT2D eigenvalue weighted by Gasteiger charge is 2.48. The third-order valence-corrected chi connectivity index (χ3v) is 7.46. The standard InChI is InChI=1S/C29H32F7NO2/c1-5-6-13-27(4,37-18(3)38)24-11-12-25(26(24)19-7-9-23(30)10-8-19)39-17(2)20-14-21(28(31,32)33)16-22(15-20)29(34,35)36/h5,7-10,14-17,24-26H,1,6,11-13H2,2-4H3,(H,37,38)/t17-,24-,25+,26+,27+/m1/s1. The summed E-state index contributed by atoms with van der Waals surface area (Å²) >= 11 is 0. The largest absolute Gasteiger partial charge is 0.416 e. The van der Waals surface area contributed by atoms with E-state index in [1.165, 1.54) is 26.0 Å². The first-order chi connectivity index (χ1) is 18.0. The van der Waals surface area contributed by atoms with Crippen molar-refractivity contribution >= 4 is 5.91 Å². The van der Waals surface area contributed by atoms with Crippen molar-refractivity contribution in [3.8, 4) is 0 Å². The molecule has 1 amide bonds. The summed E-state index contributed by atoms with van der Waals surface area (Å²) in [5.41, 5.74) is -3.10. The molecule has 0 radical (unpaired) electrons. The van der Waals surface area contributed by atoms with Crippen LogP contribution in [0.3, 0.4) is 0 Å². The Labute approximate surface area is 223 Å². The summed E-state index contributed by atoms with van der Waals surface area (Å²) in [6.45, 7) is 8.46. The number of allylic oxidation sites excluding steroid dienone is 1. The van der Waals surface area contributed by atoms with E-state index in [-0.39, 0.29) is 23.5 Å². The lowest BCUT2D eigenvalue weighted by Crippen LogP contribution is -2.52. The number of ether oxygens (including phenoxy) is 1. The van der Waals surface area contributed by atoms with Gasteiger partial charge in [0.15, 0.2) is 0 Å². The van der Waals surface area contributed by atoms with Crippen LogP contribution in [0.2, 0.25) is 0 Å². The number of rotatable bonds is 9. The van der Waals surface area contributed by atoms with E-state index < -0.39 is 53.0 Å². The molecule has 214 valence electrons. The Morgan fingerprint density at radius 2 is 1.62 bits per heavy atom. The van der Waals surface area contributed by atoms with Crippen LogP contribution in [0.15, 0.2) is 55.1 Å². The highest BCUT2D eigenvalue weighted by Crippen LogP contribution is 2.49. The van der Waals surface area contributed by atoms with Crippen LogP contribution in [0.25, 0.3) is 0 Å². The van der Waals surface area contributed by atoms with Crippen molar-refractivity contribution in [3.63, 3.8) is 0 Å². The van der Waals surface area contributed by atoms with Crippen molar-refractivity contribution in [3.05, 3.63) is 83.2 Å². The van der Waals surface area contributed by atoms with E-state index in [9.17, 15) is 35.5 Å². The van der Waals surface area contributed by atoms with Gasteiger partial charge in [0.25, 0.3) is 0 Å². The molecule has 1 aliphatic rings.